The molecule has 1 saturated carbocycles. The number of aryl methyl sites for hydroxylation is 1. The molecule has 1 aromatic rings. The van der Waals surface area contributed by atoms with Crippen molar-refractivity contribution in [2.75, 3.05) is 0 Å². The van der Waals surface area contributed by atoms with Crippen LogP contribution in [0.4, 0.5) is 0 Å². The fourth-order valence-electron chi connectivity index (χ4n) is 1.60. The fourth-order valence-corrected chi connectivity index (χ4v) is 2.26. The predicted octanol–water partition coefficient (Wildman–Crippen LogP) is 1.73. The standard InChI is InChI=1S/C9H15N3S/c1-6-3-4-8(6)10-5-9-12-11-7(2)13-9/h6,8,10H,3-5H2,1-2H3. The van der Waals surface area contributed by atoms with Crippen molar-refractivity contribution in [3.05, 3.63) is 10.0 Å². The Balaban J connectivity index is 1.79. The molecule has 0 amide bonds. The summed E-state index contributed by atoms with van der Waals surface area (Å²) in [5.41, 5.74) is 0. The van der Waals surface area contributed by atoms with E-state index in [1.165, 1.54) is 12.8 Å². The normalized spacial score (nSPS) is 27.2. The van der Waals surface area contributed by atoms with Crippen LogP contribution in [0.25, 0.3) is 0 Å². The van der Waals surface area contributed by atoms with E-state index in [0.29, 0.717) is 6.04 Å². The summed E-state index contributed by atoms with van der Waals surface area (Å²) < 4.78 is 0. The maximum absolute atomic E-state index is 4.08. The molecule has 2 atom stereocenters. The van der Waals surface area contributed by atoms with Gasteiger partial charge in [-0.15, -0.1) is 21.5 Å². The van der Waals surface area contributed by atoms with Crippen LogP contribution in [0, 0.1) is 12.8 Å². The first-order valence-corrected chi connectivity index (χ1v) is 5.59. The van der Waals surface area contributed by atoms with Gasteiger partial charge < -0.3 is 5.32 Å². The van der Waals surface area contributed by atoms with E-state index in [1.807, 2.05) is 6.92 Å². The quantitative estimate of drug-likeness (QED) is 0.802. The van der Waals surface area contributed by atoms with Gasteiger partial charge in [-0.25, -0.2) is 0 Å². The molecule has 0 spiro atoms. The van der Waals surface area contributed by atoms with E-state index in [-0.39, 0.29) is 0 Å². The van der Waals surface area contributed by atoms with Crippen LogP contribution in [-0.4, -0.2) is 16.2 Å². The highest BCUT2D eigenvalue weighted by Crippen LogP contribution is 2.26. The lowest BCUT2D eigenvalue weighted by molar-refractivity contribution is 0.228. The van der Waals surface area contributed by atoms with Crippen molar-refractivity contribution in [1.29, 1.82) is 0 Å². The Morgan fingerprint density at radius 1 is 1.46 bits per heavy atom. The molecule has 1 N–H and O–H groups in total. The molecule has 0 radical (unpaired) electrons. The number of nitrogens with one attached hydrogen (secondary N) is 1. The smallest absolute Gasteiger partial charge is 0.131 e. The van der Waals surface area contributed by atoms with Gasteiger partial charge in [0.05, 0.1) is 0 Å². The third-order valence-electron chi connectivity index (χ3n) is 2.70. The summed E-state index contributed by atoms with van der Waals surface area (Å²) in [4.78, 5) is 0. The molecule has 4 heteroatoms. The molecule has 3 nitrogen and oxygen atoms in total. The second kappa shape index (κ2) is 3.72. The van der Waals surface area contributed by atoms with Gasteiger partial charge in [-0.2, -0.15) is 0 Å². The molecule has 2 unspecified atom stereocenters. The maximum Gasteiger partial charge on any atom is 0.131 e. The van der Waals surface area contributed by atoms with Gasteiger partial charge in [-0.1, -0.05) is 6.92 Å². The van der Waals surface area contributed by atoms with Crippen molar-refractivity contribution in [3.63, 3.8) is 0 Å². The molecule has 72 valence electrons. The first-order chi connectivity index (χ1) is 6.25. The summed E-state index contributed by atoms with van der Waals surface area (Å²) in [6.07, 6.45) is 2.69. The Bertz CT molecular complexity index is 284. The lowest BCUT2D eigenvalue weighted by Gasteiger charge is -2.34. The minimum Gasteiger partial charge on any atom is -0.307 e. The molecule has 13 heavy (non-hydrogen) atoms. The lowest BCUT2D eigenvalue weighted by atomic mass is 9.81. The topological polar surface area (TPSA) is 37.8 Å². The second-order valence-electron chi connectivity index (χ2n) is 3.76. The van der Waals surface area contributed by atoms with Crippen molar-refractivity contribution in [2.45, 2.75) is 39.3 Å². The Morgan fingerprint density at radius 2 is 2.31 bits per heavy atom. The zero-order valence-corrected chi connectivity index (χ0v) is 8.90. The van der Waals surface area contributed by atoms with Gasteiger partial charge >= 0.3 is 0 Å². The van der Waals surface area contributed by atoms with Crippen LogP contribution >= 0.6 is 11.3 Å². The number of hydrogen-bond donors (Lipinski definition) is 1. The van der Waals surface area contributed by atoms with Gasteiger partial charge in [0.25, 0.3) is 0 Å². The third-order valence-corrected chi connectivity index (χ3v) is 3.54. The summed E-state index contributed by atoms with van der Waals surface area (Å²) in [6, 6.07) is 0.712. The van der Waals surface area contributed by atoms with Crippen molar-refractivity contribution >= 4 is 11.3 Å². The highest BCUT2D eigenvalue weighted by Gasteiger charge is 2.25. The first kappa shape index (κ1) is 9.09. The number of hydrogen-bond acceptors (Lipinski definition) is 4. The summed E-state index contributed by atoms with van der Waals surface area (Å²) in [7, 11) is 0. The molecule has 1 aliphatic carbocycles. The minimum atomic E-state index is 0.712. The molecule has 1 aromatic heterocycles. The molecular formula is C9H15N3S. The monoisotopic (exact) mass is 197 g/mol. The zero-order chi connectivity index (χ0) is 9.26. The van der Waals surface area contributed by atoms with Crippen LogP contribution in [0.15, 0.2) is 0 Å². The zero-order valence-electron chi connectivity index (χ0n) is 8.08. The van der Waals surface area contributed by atoms with E-state index in [1.54, 1.807) is 11.3 Å². The van der Waals surface area contributed by atoms with Gasteiger partial charge in [0, 0.05) is 12.6 Å². The molecule has 0 aromatic carbocycles. The van der Waals surface area contributed by atoms with Crippen molar-refractivity contribution in [3.8, 4) is 0 Å². The summed E-state index contributed by atoms with van der Waals surface area (Å²) in [6.45, 7) is 5.18. The number of aromatic nitrogens is 2. The van der Waals surface area contributed by atoms with Crippen molar-refractivity contribution < 1.29 is 0 Å². The van der Waals surface area contributed by atoms with E-state index in [9.17, 15) is 0 Å². The predicted molar refractivity (Wildman–Crippen MR) is 53.7 cm³/mol. The minimum absolute atomic E-state index is 0.712. The first-order valence-electron chi connectivity index (χ1n) is 4.78. The van der Waals surface area contributed by atoms with E-state index >= 15 is 0 Å². The molecule has 1 fully saturated rings. The summed E-state index contributed by atoms with van der Waals surface area (Å²) >= 11 is 1.68. The average molecular weight is 197 g/mol. The highest BCUT2D eigenvalue weighted by atomic mass is 32.1. The number of rotatable bonds is 3. The number of nitrogens with zero attached hydrogens (tertiary/aromatic N) is 2. The fraction of sp³-hybridized carbons (Fsp3) is 0.778. The van der Waals surface area contributed by atoms with Gasteiger partial charge in [0.15, 0.2) is 0 Å². The van der Waals surface area contributed by atoms with Crippen molar-refractivity contribution in [2.24, 2.45) is 5.92 Å². The largest absolute Gasteiger partial charge is 0.307 e. The van der Waals surface area contributed by atoms with Crippen molar-refractivity contribution in [1.82, 2.24) is 15.5 Å². The average Bonchev–Trinajstić information content (AvgIpc) is 2.49. The van der Waals surface area contributed by atoms with Crippen LogP contribution < -0.4 is 5.32 Å². The van der Waals surface area contributed by atoms with E-state index in [2.05, 4.69) is 22.4 Å². The van der Waals surface area contributed by atoms with Crippen LogP contribution in [0.2, 0.25) is 0 Å². The maximum atomic E-state index is 4.08. The van der Waals surface area contributed by atoms with Gasteiger partial charge in [-0.05, 0) is 25.7 Å². The van der Waals surface area contributed by atoms with Crippen LogP contribution in [0.1, 0.15) is 29.8 Å². The molecular weight excluding hydrogens is 182 g/mol. The Labute approximate surface area is 82.6 Å². The van der Waals surface area contributed by atoms with Crippen LogP contribution in [0.5, 0.6) is 0 Å². The van der Waals surface area contributed by atoms with Gasteiger partial charge in [0.2, 0.25) is 0 Å². The van der Waals surface area contributed by atoms with E-state index < -0.39 is 0 Å². The Kier molecular flexibility index (Phi) is 2.60. The van der Waals surface area contributed by atoms with E-state index in [4.69, 9.17) is 0 Å². The molecule has 0 aliphatic heterocycles. The molecule has 1 heterocycles. The van der Waals surface area contributed by atoms with Crippen LogP contribution in [-0.2, 0) is 6.54 Å². The third kappa shape index (κ3) is 2.06. The Hall–Kier alpha value is -0.480. The van der Waals surface area contributed by atoms with Crippen LogP contribution in [0.3, 0.4) is 0 Å². The SMILES string of the molecule is Cc1nnc(CNC2CCC2C)s1. The molecule has 2 rings (SSSR count). The second-order valence-corrected chi connectivity index (χ2v) is 5.02. The molecule has 0 bridgehead atoms. The van der Waals surface area contributed by atoms with Gasteiger partial charge in [-0.3, -0.25) is 0 Å². The summed E-state index contributed by atoms with van der Waals surface area (Å²) in [5.74, 6) is 0.842. The highest BCUT2D eigenvalue weighted by molar-refractivity contribution is 7.11. The van der Waals surface area contributed by atoms with Gasteiger partial charge in [0.1, 0.15) is 10.0 Å². The molecule has 1 aliphatic rings. The summed E-state index contributed by atoms with van der Waals surface area (Å²) in [5, 5.41) is 13.7. The van der Waals surface area contributed by atoms with E-state index in [0.717, 1.165) is 22.5 Å². The molecule has 0 saturated heterocycles. The Morgan fingerprint density at radius 3 is 2.77 bits per heavy atom. The lowest BCUT2D eigenvalue weighted by Crippen LogP contribution is -2.41.